The first kappa shape index (κ1) is 21.4. The highest BCUT2D eigenvalue weighted by Crippen LogP contribution is 2.43. The lowest BCUT2D eigenvalue weighted by atomic mass is 9.70. The number of alkyl halides is 1. The highest BCUT2D eigenvalue weighted by Gasteiger charge is 2.46. The molecule has 0 radical (unpaired) electrons. The molecule has 0 aromatic heterocycles. The molecule has 0 bridgehead atoms. The number of amides is 2. The Morgan fingerprint density at radius 1 is 1.00 bits per heavy atom. The summed E-state index contributed by atoms with van der Waals surface area (Å²) in [6.45, 7) is 4.24. The molecule has 1 aromatic rings. The molecule has 1 aliphatic carbocycles. The van der Waals surface area contributed by atoms with Crippen LogP contribution in [0.4, 0.5) is 10.5 Å². The Morgan fingerprint density at radius 2 is 1.57 bits per heavy atom. The van der Waals surface area contributed by atoms with Crippen LogP contribution >= 0.6 is 11.6 Å². The molecule has 1 spiro atoms. The average molecular weight is 407 g/mol. The predicted molar refractivity (Wildman–Crippen MR) is 116 cm³/mol. The van der Waals surface area contributed by atoms with E-state index in [-0.39, 0.29) is 29.3 Å². The van der Waals surface area contributed by atoms with Crippen LogP contribution in [0, 0.1) is 12.3 Å². The zero-order valence-electron chi connectivity index (χ0n) is 17.2. The third-order valence-corrected chi connectivity index (χ3v) is 7.03. The van der Waals surface area contributed by atoms with E-state index in [9.17, 15) is 4.79 Å². The van der Waals surface area contributed by atoms with E-state index in [1.54, 1.807) is 0 Å². The topological polar surface area (TPSA) is 65.2 Å². The van der Waals surface area contributed by atoms with Crippen molar-refractivity contribution in [1.29, 1.82) is 0 Å². The van der Waals surface area contributed by atoms with E-state index in [1.807, 2.05) is 31.2 Å². The third kappa shape index (κ3) is 5.40. The van der Waals surface area contributed by atoms with E-state index in [1.165, 1.54) is 44.9 Å². The summed E-state index contributed by atoms with van der Waals surface area (Å²) < 4.78 is 0. The molecular formula is C22H35ClN4O. The second kappa shape index (κ2) is 9.95. The van der Waals surface area contributed by atoms with Crippen LogP contribution in [0.15, 0.2) is 24.3 Å². The van der Waals surface area contributed by atoms with Crippen molar-refractivity contribution in [2.75, 3.05) is 5.32 Å². The normalized spacial score (nSPS) is 28.5. The Morgan fingerprint density at radius 3 is 2.14 bits per heavy atom. The molecule has 6 heteroatoms. The summed E-state index contributed by atoms with van der Waals surface area (Å²) in [6.07, 6.45) is 11.0. The maximum Gasteiger partial charge on any atom is 0.321 e. The molecule has 2 aliphatic rings. The van der Waals surface area contributed by atoms with Gasteiger partial charge in [0.25, 0.3) is 0 Å². The lowest BCUT2D eigenvalue weighted by Crippen LogP contribution is -2.71. The molecule has 1 heterocycles. The van der Waals surface area contributed by atoms with E-state index in [0.29, 0.717) is 0 Å². The predicted octanol–water partition coefficient (Wildman–Crippen LogP) is 5.06. The molecule has 2 amide bonds. The number of anilines is 1. The summed E-state index contributed by atoms with van der Waals surface area (Å²) in [6, 6.07) is 7.75. The highest BCUT2D eigenvalue weighted by atomic mass is 35.5. The first-order chi connectivity index (χ1) is 13.5. The van der Waals surface area contributed by atoms with Crippen molar-refractivity contribution < 1.29 is 4.79 Å². The van der Waals surface area contributed by atoms with Gasteiger partial charge in [-0.3, -0.25) is 10.6 Å². The number of rotatable bonds is 2. The molecule has 4 N–H and O–H groups in total. The maximum atomic E-state index is 12.4. The Kier molecular flexibility index (Phi) is 7.61. The lowest BCUT2D eigenvalue weighted by molar-refractivity contribution is 0.0637. The van der Waals surface area contributed by atoms with Crippen LogP contribution in [0.25, 0.3) is 0 Å². The van der Waals surface area contributed by atoms with Crippen molar-refractivity contribution in [2.24, 2.45) is 5.41 Å². The minimum absolute atomic E-state index is 0.0323. The number of carbonyl (C=O) groups excluding carboxylic acids is 1. The summed E-state index contributed by atoms with van der Waals surface area (Å²) in [5.41, 5.74) is 1.81. The molecule has 1 aliphatic heterocycles. The van der Waals surface area contributed by atoms with Crippen molar-refractivity contribution in [2.45, 2.75) is 89.5 Å². The lowest BCUT2D eigenvalue weighted by Gasteiger charge is -2.50. The van der Waals surface area contributed by atoms with Crippen molar-refractivity contribution in [3.63, 3.8) is 0 Å². The van der Waals surface area contributed by atoms with Crippen LogP contribution in [-0.4, -0.2) is 23.9 Å². The minimum atomic E-state index is -0.344. The summed E-state index contributed by atoms with van der Waals surface area (Å²) in [4.78, 5) is 12.4. The number of benzene rings is 1. The summed E-state index contributed by atoms with van der Waals surface area (Å²) >= 11 is 6.90. The number of urea groups is 1. The van der Waals surface area contributed by atoms with E-state index in [0.717, 1.165) is 24.1 Å². The molecule has 3 atom stereocenters. The Labute approximate surface area is 174 Å². The quantitative estimate of drug-likeness (QED) is 0.410. The Hall–Kier alpha value is -1.30. The van der Waals surface area contributed by atoms with Crippen LogP contribution in [0.5, 0.6) is 0 Å². The average Bonchev–Trinajstić information content (AvgIpc) is 2.66. The van der Waals surface area contributed by atoms with Crippen LogP contribution in [0.1, 0.15) is 70.3 Å². The maximum absolute atomic E-state index is 12.4. The van der Waals surface area contributed by atoms with Crippen LogP contribution < -0.4 is 21.3 Å². The van der Waals surface area contributed by atoms with Crippen molar-refractivity contribution >= 4 is 23.3 Å². The number of hydrogen-bond acceptors (Lipinski definition) is 3. The molecular weight excluding hydrogens is 372 g/mol. The van der Waals surface area contributed by atoms with Gasteiger partial charge >= 0.3 is 6.03 Å². The zero-order chi connectivity index (χ0) is 20.0. The number of hydrogen-bond donors (Lipinski definition) is 4. The van der Waals surface area contributed by atoms with E-state index < -0.39 is 0 Å². The van der Waals surface area contributed by atoms with Gasteiger partial charge in [0, 0.05) is 17.1 Å². The minimum Gasteiger partial charge on any atom is -0.310 e. The SMILES string of the molecule is Cc1ccc(NC(=O)NC2NC(C)C3(CCCCCCCCC3)C(Cl)N2)cc1. The van der Waals surface area contributed by atoms with Gasteiger partial charge < -0.3 is 10.6 Å². The molecule has 3 unspecified atom stereocenters. The molecule has 3 rings (SSSR count). The van der Waals surface area contributed by atoms with Crippen LogP contribution in [0.3, 0.4) is 0 Å². The highest BCUT2D eigenvalue weighted by molar-refractivity contribution is 6.21. The van der Waals surface area contributed by atoms with Gasteiger partial charge in [-0.25, -0.2) is 4.79 Å². The van der Waals surface area contributed by atoms with Gasteiger partial charge in [0.1, 0.15) is 6.29 Å². The van der Waals surface area contributed by atoms with E-state index >= 15 is 0 Å². The van der Waals surface area contributed by atoms with Gasteiger partial charge in [-0.05, 0) is 38.8 Å². The fourth-order valence-electron chi connectivity index (χ4n) is 4.62. The molecule has 156 valence electrons. The summed E-state index contributed by atoms with van der Waals surface area (Å²) in [5.74, 6) is 0. The van der Waals surface area contributed by atoms with Gasteiger partial charge in [-0.1, -0.05) is 62.6 Å². The largest absolute Gasteiger partial charge is 0.321 e. The molecule has 28 heavy (non-hydrogen) atoms. The fourth-order valence-corrected chi connectivity index (χ4v) is 5.15. The Bertz CT molecular complexity index is 612. The smallest absolute Gasteiger partial charge is 0.310 e. The van der Waals surface area contributed by atoms with E-state index in [4.69, 9.17) is 11.6 Å². The molecule has 1 saturated carbocycles. The second-order valence-electron chi connectivity index (χ2n) is 8.52. The fraction of sp³-hybridized carbons (Fsp3) is 0.682. The first-order valence-corrected chi connectivity index (χ1v) is 11.2. The van der Waals surface area contributed by atoms with Crippen molar-refractivity contribution in [3.8, 4) is 0 Å². The van der Waals surface area contributed by atoms with Crippen molar-refractivity contribution in [3.05, 3.63) is 29.8 Å². The standard InChI is InChI=1S/C22H35ClN4O/c1-16-10-12-18(13-11-16)25-21(28)27-20-24-17(2)22(19(23)26-20)14-8-6-4-3-5-7-9-15-22/h10-13,17,19-20,24,26H,3-9,14-15H2,1-2H3,(H2,25,27,28). The first-order valence-electron chi connectivity index (χ1n) is 10.8. The second-order valence-corrected chi connectivity index (χ2v) is 8.96. The van der Waals surface area contributed by atoms with Gasteiger partial charge in [-0.15, -0.1) is 11.6 Å². The zero-order valence-corrected chi connectivity index (χ0v) is 17.9. The number of halogens is 1. The summed E-state index contributed by atoms with van der Waals surface area (Å²) in [7, 11) is 0. The molecule has 5 nitrogen and oxygen atoms in total. The van der Waals surface area contributed by atoms with Gasteiger partial charge in [0.05, 0.1) is 5.50 Å². The third-order valence-electron chi connectivity index (χ3n) is 6.47. The number of carbonyl (C=O) groups is 1. The Balaban J connectivity index is 1.58. The van der Waals surface area contributed by atoms with Gasteiger partial charge in [0.2, 0.25) is 0 Å². The van der Waals surface area contributed by atoms with Crippen LogP contribution in [0.2, 0.25) is 0 Å². The molecule has 2 fully saturated rings. The number of aryl methyl sites for hydroxylation is 1. The molecule has 1 aromatic carbocycles. The van der Waals surface area contributed by atoms with Gasteiger partial charge in [0.15, 0.2) is 0 Å². The van der Waals surface area contributed by atoms with Crippen LogP contribution in [-0.2, 0) is 0 Å². The van der Waals surface area contributed by atoms with Crippen molar-refractivity contribution in [1.82, 2.24) is 16.0 Å². The van der Waals surface area contributed by atoms with E-state index in [2.05, 4.69) is 28.2 Å². The van der Waals surface area contributed by atoms with Gasteiger partial charge in [-0.2, -0.15) is 0 Å². The summed E-state index contributed by atoms with van der Waals surface area (Å²) in [5, 5.41) is 12.8. The number of nitrogens with one attached hydrogen (secondary N) is 4. The molecule has 1 saturated heterocycles. The monoisotopic (exact) mass is 406 g/mol.